The Morgan fingerprint density at radius 3 is 2.71 bits per heavy atom. The molecule has 0 saturated heterocycles. The highest BCUT2D eigenvalue weighted by atomic mass is 79.9. The summed E-state index contributed by atoms with van der Waals surface area (Å²) < 4.78 is 4.10. The van der Waals surface area contributed by atoms with Crippen molar-refractivity contribution in [1.29, 1.82) is 0 Å². The van der Waals surface area contributed by atoms with E-state index >= 15 is 0 Å². The quantitative estimate of drug-likeness (QED) is 0.683. The van der Waals surface area contributed by atoms with Crippen LogP contribution in [0.3, 0.4) is 0 Å². The molecule has 0 bridgehead atoms. The van der Waals surface area contributed by atoms with E-state index < -0.39 is 0 Å². The molecule has 120 valence electrons. The molecule has 5 nitrogen and oxygen atoms in total. The molecule has 0 atom stereocenters. The third-order valence-electron chi connectivity index (χ3n) is 4.09. The third kappa shape index (κ3) is 2.34. The molecular formula is C18H15BrN4O. The second kappa shape index (κ2) is 5.87. The second-order valence-corrected chi connectivity index (χ2v) is 6.46. The number of halogens is 1. The van der Waals surface area contributed by atoms with E-state index in [0.29, 0.717) is 18.9 Å². The van der Waals surface area contributed by atoms with Gasteiger partial charge in [-0.05, 0) is 25.1 Å². The van der Waals surface area contributed by atoms with Crippen molar-refractivity contribution in [1.82, 2.24) is 14.3 Å². The van der Waals surface area contributed by atoms with Gasteiger partial charge in [-0.25, -0.2) is 14.0 Å². The van der Waals surface area contributed by atoms with Crippen molar-refractivity contribution in [2.45, 2.75) is 20.0 Å². The van der Waals surface area contributed by atoms with E-state index in [0.717, 1.165) is 27.0 Å². The first-order valence-corrected chi connectivity index (χ1v) is 8.57. The van der Waals surface area contributed by atoms with Crippen molar-refractivity contribution in [3.63, 3.8) is 0 Å². The summed E-state index contributed by atoms with van der Waals surface area (Å²) in [6.45, 7) is 2.83. The fourth-order valence-corrected chi connectivity index (χ4v) is 3.33. The molecule has 2 aromatic carbocycles. The normalized spacial score (nSPS) is 13.0. The highest BCUT2D eigenvalue weighted by Gasteiger charge is 2.23. The molecule has 1 aliphatic heterocycles. The molecule has 0 fully saturated rings. The molecule has 2 heterocycles. The largest absolute Gasteiger partial charge is 0.350 e. The van der Waals surface area contributed by atoms with Crippen molar-refractivity contribution in [2.24, 2.45) is 4.99 Å². The second-order valence-electron chi connectivity index (χ2n) is 5.54. The van der Waals surface area contributed by atoms with Gasteiger partial charge in [0.05, 0.1) is 11.4 Å². The van der Waals surface area contributed by atoms with E-state index in [1.165, 1.54) is 4.68 Å². The van der Waals surface area contributed by atoms with Crippen molar-refractivity contribution < 1.29 is 0 Å². The lowest BCUT2D eigenvalue weighted by molar-refractivity contribution is 0.623. The number of hydrogen-bond acceptors (Lipinski definition) is 3. The van der Waals surface area contributed by atoms with Gasteiger partial charge in [-0.2, -0.15) is 5.10 Å². The lowest BCUT2D eigenvalue weighted by Gasteiger charge is -2.11. The zero-order chi connectivity index (χ0) is 16.7. The van der Waals surface area contributed by atoms with Gasteiger partial charge in [0, 0.05) is 22.1 Å². The van der Waals surface area contributed by atoms with Gasteiger partial charge in [0.1, 0.15) is 6.54 Å². The van der Waals surface area contributed by atoms with E-state index in [-0.39, 0.29) is 5.69 Å². The number of hydrogen-bond donors (Lipinski definition) is 0. The molecule has 0 unspecified atom stereocenters. The van der Waals surface area contributed by atoms with Crippen LogP contribution in [0.1, 0.15) is 23.9 Å². The topological polar surface area (TPSA) is 52.2 Å². The molecule has 6 heteroatoms. The fraction of sp³-hybridized carbons (Fsp3) is 0.167. The predicted octanol–water partition coefficient (Wildman–Crippen LogP) is 3.17. The summed E-state index contributed by atoms with van der Waals surface area (Å²) in [5, 5.41) is 4.43. The Morgan fingerprint density at radius 1 is 1.17 bits per heavy atom. The molecular weight excluding hydrogens is 368 g/mol. The van der Waals surface area contributed by atoms with Gasteiger partial charge in [-0.1, -0.05) is 46.3 Å². The summed E-state index contributed by atoms with van der Waals surface area (Å²) in [5.41, 5.74) is 3.52. The molecule has 0 saturated carbocycles. The summed E-state index contributed by atoms with van der Waals surface area (Å²) >= 11 is 3.53. The molecule has 0 spiro atoms. The molecule has 1 aliphatic rings. The Bertz CT molecular complexity index is 1000. The van der Waals surface area contributed by atoms with Crippen LogP contribution in [-0.2, 0) is 13.1 Å². The van der Waals surface area contributed by atoms with Crippen LogP contribution < -0.4 is 5.69 Å². The molecule has 3 aromatic rings. The fourth-order valence-electron chi connectivity index (χ4n) is 2.97. The van der Waals surface area contributed by atoms with Crippen LogP contribution in [0.15, 0.2) is 62.8 Å². The SMILES string of the molecule is CCn1nc2n(c1=O)-c1ccc(Br)cc1C(c1ccccc1)=NC2. The van der Waals surface area contributed by atoms with Gasteiger partial charge in [0.15, 0.2) is 5.82 Å². The van der Waals surface area contributed by atoms with Crippen molar-refractivity contribution in [2.75, 3.05) is 0 Å². The van der Waals surface area contributed by atoms with Crippen LogP contribution in [0.2, 0.25) is 0 Å². The number of rotatable bonds is 2. The van der Waals surface area contributed by atoms with E-state index in [1.54, 1.807) is 4.57 Å². The van der Waals surface area contributed by atoms with E-state index in [2.05, 4.69) is 21.0 Å². The average molecular weight is 383 g/mol. The molecule has 1 aromatic heterocycles. The maximum atomic E-state index is 12.7. The summed E-state index contributed by atoms with van der Waals surface area (Å²) in [6, 6.07) is 15.9. The Hall–Kier alpha value is -2.47. The van der Waals surface area contributed by atoms with Crippen molar-refractivity contribution in [3.8, 4) is 5.69 Å². The van der Waals surface area contributed by atoms with Gasteiger partial charge < -0.3 is 0 Å². The van der Waals surface area contributed by atoms with Crippen LogP contribution in [0.25, 0.3) is 5.69 Å². The van der Waals surface area contributed by atoms with E-state index in [9.17, 15) is 4.79 Å². The highest BCUT2D eigenvalue weighted by molar-refractivity contribution is 9.10. The zero-order valence-electron chi connectivity index (χ0n) is 13.1. The molecule has 0 aliphatic carbocycles. The maximum Gasteiger partial charge on any atom is 0.350 e. The Balaban J connectivity index is 2.02. The summed E-state index contributed by atoms with van der Waals surface area (Å²) in [5.74, 6) is 0.663. The standard InChI is InChI=1S/C18H15BrN4O/c1-2-22-18(24)23-15-9-8-13(19)10-14(15)17(20-11-16(23)21-22)12-6-4-3-5-7-12/h3-10H,2,11H2,1H3. The van der Waals surface area contributed by atoms with Crippen LogP contribution in [0.5, 0.6) is 0 Å². The third-order valence-corrected chi connectivity index (χ3v) is 4.58. The molecule has 0 amide bonds. The minimum atomic E-state index is -0.124. The Labute approximate surface area is 147 Å². The number of benzene rings is 2. The van der Waals surface area contributed by atoms with Gasteiger partial charge in [-0.3, -0.25) is 4.99 Å². The first-order chi connectivity index (χ1) is 11.7. The van der Waals surface area contributed by atoms with Gasteiger partial charge in [-0.15, -0.1) is 0 Å². The number of aromatic nitrogens is 3. The smallest absolute Gasteiger partial charge is 0.276 e. The highest BCUT2D eigenvalue weighted by Crippen LogP contribution is 2.26. The first-order valence-electron chi connectivity index (χ1n) is 7.78. The summed E-state index contributed by atoms with van der Waals surface area (Å²) in [4.78, 5) is 17.5. The van der Waals surface area contributed by atoms with Crippen molar-refractivity contribution >= 4 is 21.6 Å². The van der Waals surface area contributed by atoms with Crippen LogP contribution in [0.4, 0.5) is 0 Å². The molecule has 4 rings (SSSR count). The summed E-state index contributed by atoms with van der Waals surface area (Å²) in [6.07, 6.45) is 0. The van der Waals surface area contributed by atoms with E-state index in [4.69, 9.17) is 4.99 Å². The number of fused-ring (bicyclic) bond motifs is 3. The van der Waals surface area contributed by atoms with Gasteiger partial charge >= 0.3 is 5.69 Å². The number of nitrogens with zero attached hydrogens (tertiary/aromatic N) is 4. The van der Waals surface area contributed by atoms with Gasteiger partial charge in [0.2, 0.25) is 0 Å². The molecule has 24 heavy (non-hydrogen) atoms. The van der Waals surface area contributed by atoms with Crippen LogP contribution in [0, 0.1) is 0 Å². The predicted molar refractivity (Wildman–Crippen MR) is 97.0 cm³/mol. The number of aryl methyl sites for hydroxylation is 1. The lowest BCUT2D eigenvalue weighted by Crippen LogP contribution is -2.24. The van der Waals surface area contributed by atoms with Crippen molar-refractivity contribution in [3.05, 3.63) is 80.4 Å². The van der Waals surface area contributed by atoms with Gasteiger partial charge in [0.25, 0.3) is 0 Å². The number of aliphatic imine (C=N–C) groups is 1. The van der Waals surface area contributed by atoms with Crippen LogP contribution >= 0.6 is 15.9 Å². The van der Waals surface area contributed by atoms with Crippen LogP contribution in [-0.4, -0.2) is 20.1 Å². The molecule has 0 N–H and O–H groups in total. The molecule has 0 radical (unpaired) electrons. The lowest BCUT2D eigenvalue weighted by atomic mass is 10.0. The first kappa shape index (κ1) is 15.1. The minimum Gasteiger partial charge on any atom is -0.276 e. The monoisotopic (exact) mass is 382 g/mol. The Kier molecular flexibility index (Phi) is 3.69. The average Bonchev–Trinajstić information content (AvgIpc) is 2.83. The van der Waals surface area contributed by atoms with E-state index in [1.807, 2.05) is 55.5 Å². The summed E-state index contributed by atoms with van der Waals surface area (Å²) in [7, 11) is 0. The maximum absolute atomic E-state index is 12.7. The Morgan fingerprint density at radius 2 is 1.96 bits per heavy atom. The zero-order valence-corrected chi connectivity index (χ0v) is 14.7. The minimum absolute atomic E-state index is 0.124.